The molecule has 0 radical (unpaired) electrons. The summed E-state index contributed by atoms with van der Waals surface area (Å²) in [5, 5.41) is 13.9. The molecular formula is C17H26N4O3. The maximum Gasteiger partial charge on any atom is 0.244 e. The van der Waals surface area contributed by atoms with Gasteiger partial charge in [0.25, 0.3) is 0 Å². The number of amides is 2. The Hall–Kier alpha value is -1.89. The van der Waals surface area contributed by atoms with E-state index in [4.69, 9.17) is 0 Å². The van der Waals surface area contributed by atoms with Crippen LogP contribution in [0.1, 0.15) is 33.1 Å². The molecule has 0 saturated carbocycles. The van der Waals surface area contributed by atoms with Crippen LogP contribution >= 0.6 is 0 Å². The van der Waals surface area contributed by atoms with Gasteiger partial charge in [-0.25, -0.2) is 0 Å². The molecule has 132 valence electrons. The molecule has 1 N–H and O–H groups in total. The molecule has 1 aromatic heterocycles. The van der Waals surface area contributed by atoms with Crippen LogP contribution in [0.4, 0.5) is 0 Å². The van der Waals surface area contributed by atoms with E-state index in [0.717, 1.165) is 19.3 Å². The first-order chi connectivity index (χ1) is 11.4. The molecule has 0 aliphatic carbocycles. The Morgan fingerprint density at radius 1 is 1.29 bits per heavy atom. The van der Waals surface area contributed by atoms with Crippen molar-refractivity contribution in [2.24, 2.45) is 5.41 Å². The summed E-state index contributed by atoms with van der Waals surface area (Å²) in [6.45, 7) is 5.86. The number of aliphatic hydroxyl groups excluding tert-OH is 1. The standard InChI is InChI=1S/C17H26N4O3/c1-14(23)21-12-17(11-16(21,2)13-22)4-8-19(9-5-17)15(24)10-20-7-3-6-18-20/h3,6-7,22H,4-5,8-13H2,1-2H3. The summed E-state index contributed by atoms with van der Waals surface area (Å²) in [6, 6.07) is 1.81. The molecule has 0 aromatic carbocycles. The maximum atomic E-state index is 12.4. The molecule has 2 saturated heterocycles. The number of likely N-dealkylation sites (tertiary alicyclic amines) is 2. The molecule has 7 heteroatoms. The van der Waals surface area contributed by atoms with E-state index in [1.54, 1.807) is 24.0 Å². The van der Waals surface area contributed by atoms with Crippen molar-refractivity contribution in [1.29, 1.82) is 0 Å². The van der Waals surface area contributed by atoms with Gasteiger partial charge in [-0.1, -0.05) is 0 Å². The van der Waals surface area contributed by atoms with E-state index >= 15 is 0 Å². The van der Waals surface area contributed by atoms with E-state index < -0.39 is 5.54 Å². The molecule has 3 heterocycles. The molecule has 0 bridgehead atoms. The van der Waals surface area contributed by atoms with Gasteiger partial charge in [0, 0.05) is 39.0 Å². The van der Waals surface area contributed by atoms with E-state index in [9.17, 15) is 14.7 Å². The fourth-order valence-electron chi connectivity index (χ4n) is 4.32. The zero-order chi connectivity index (χ0) is 17.4. The summed E-state index contributed by atoms with van der Waals surface area (Å²) in [7, 11) is 0. The summed E-state index contributed by atoms with van der Waals surface area (Å²) < 4.78 is 1.64. The number of rotatable bonds is 3. The Bertz CT molecular complexity index is 607. The van der Waals surface area contributed by atoms with Crippen molar-refractivity contribution in [3.8, 4) is 0 Å². The van der Waals surface area contributed by atoms with Gasteiger partial charge >= 0.3 is 0 Å². The number of nitrogens with zero attached hydrogens (tertiary/aromatic N) is 4. The van der Waals surface area contributed by atoms with E-state index in [-0.39, 0.29) is 30.4 Å². The van der Waals surface area contributed by atoms with Gasteiger partial charge in [0.1, 0.15) is 6.54 Å². The van der Waals surface area contributed by atoms with Crippen LogP contribution in [-0.4, -0.2) is 68.3 Å². The number of aromatic nitrogens is 2. The highest BCUT2D eigenvalue weighted by atomic mass is 16.3. The average molecular weight is 334 g/mol. The average Bonchev–Trinajstić information content (AvgIpc) is 3.15. The highest BCUT2D eigenvalue weighted by Crippen LogP contribution is 2.47. The van der Waals surface area contributed by atoms with Crippen LogP contribution in [0.5, 0.6) is 0 Å². The Kier molecular flexibility index (Phi) is 4.38. The third kappa shape index (κ3) is 3.05. The van der Waals surface area contributed by atoms with Crippen molar-refractivity contribution in [3.63, 3.8) is 0 Å². The van der Waals surface area contributed by atoms with Crippen molar-refractivity contribution >= 4 is 11.8 Å². The minimum absolute atomic E-state index is 0.0145. The fourth-order valence-corrected chi connectivity index (χ4v) is 4.32. The zero-order valence-electron chi connectivity index (χ0n) is 14.4. The van der Waals surface area contributed by atoms with Gasteiger partial charge in [0.05, 0.1) is 12.1 Å². The number of hydrogen-bond acceptors (Lipinski definition) is 4. The molecule has 1 spiro atoms. The normalized spacial score (nSPS) is 26.1. The van der Waals surface area contributed by atoms with Crippen molar-refractivity contribution < 1.29 is 14.7 Å². The third-order valence-electron chi connectivity index (χ3n) is 5.65. The minimum Gasteiger partial charge on any atom is -0.394 e. The Balaban J connectivity index is 1.62. The third-order valence-corrected chi connectivity index (χ3v) is 5.65. The number of carbonyl (C=O) groups is 2. The highest BCUT2D eigenvalue weighted by molar-refractivity contribution is 5.76. The SMILES string of the molecule is CC(=O)N1CC2(CCN(C(=O)Cn3cccn3)CC2)CC1(C)CO. The molecule has 2 amide bonds. The molecule has 1 aromatic rings. The molecule has 1 unspecified atom stereocenters. The smallest absolute Gasteiger partial charge is 0.244 e. The van der Waals surface area contributed by atoms with Crippen LogP contribution in [0.15, 0.2) is 18.5 Å². The van der Waals surface area contributed by atoms with Gasteiger partial charge in [-0.3, -0.25) is 14.3 Å². The van der Waals surface area contributed by atoms with E-state index in [0.29, 0.717) is 19.6 Å². The second kappa shape index (κ2) is 6.20. The lowest BCUT2D eigenvalue weighted by Gasteiger charge is -2.39. The van der Waals surface area contributed by atoms with Crippen LogP contribution in [0, 0.1) is 5.41 Å². The number of aliphatic hydroxyl groups is 1. The predicted octanol–water partition coefficient (Wildman–Crippen LogP) is 0.495. The Morgan fingerprint density at radius 3 is 2.50 bits per heavy atom. The molecule has 24 heavy (non-hydrogen) atoms. The molecule has 2 fully saturated rings. The van der Waals surface area contributed by atoms with Crippen LogP contribution in [-0.2, 0) is 16.1 Å². The van der Waals surface area contributed by atoms with Crippen LogP contribution in [0.3, 0.4) is 0 Å². The molecular weight excluding hydrogens is 308 g/mol. The Labute approximate surface area is 142 Å². The molecule has 3 rings (SSSR count). The van der Waals surface area contributed by atoms with Crippen LogP contribution in [0.25, 0.3) is 0 Å². The number of piperidine rings is 1. The lowest BCUT2D eigenvalue weighted by atomic mass is 9.74. The summed E-state index contributed by atoms with van der Waals surface area (Å²) in [4.78, 5) is 28.0. The van der Waals surface area contributed by atoms with Crippen LogP contribution in [0.2, 0.25) is 0 Å². The zero-order valence-corrected chi connectivity index (χ0v) is 14.4. The number of carbonyl (C=O) groups excluding carboxylic acids is 2. The molecule has 1 atom stereocenters. The molecule has 2 aliphatic heterocycles. The number of hydrogen-bond donors (Lipinski definition) is 1. The molecule has 2 aliphatic rings. The van der Waals surface area contributed by atoms with Gasteiger partial charge < -0.3 is 14.9 Å². The predicted molar refractivity (Wildman–Crippen MR) is 88.0 cm³/mol. The van der Waals surface area contributed by atoms with Gasteiger partial charge in [0.15, 0.2) is 0 Å². The summed E-state index contributed by atoms with van der Waals surface area (Å²) in [6.07, 6.45) is 6.01. The quantitative estimate of drug-likeness (QED) is 0.873. The van der Waals surface area contributed by atoms with Gasteiger partial charge in [-0.2, -0.15) is 5.10 Å². The lowest BCUT2D eigenvalue weighted by Crippen LogP contribution is -2.46. The Morgan fingerprint density at radius 2 is 2.00 bits per heavy atom. The van der Waals surface area contributed by atoms with E-state index in [1.165, 1.54) is 0 Å². The summed E-state index contributed by atoms with van der Waals surface area (Å²) in [5.41, 5.74) is -0.460. The first-order valence-corrected chi connectivity index (χ1v) is 8.52. The van der Waals surface area contributed by atoms with E-state index in [2.05, 4.69) is 5.10 Å². The monoisotopic (exact) mass is 334 g/mol. The first-order valence-electron chi connectivity index (χ1n) is 8.52. The van der Waals surface area contributed by atoms with Gasteiger partial charge in [0.2, 0.25) is 11.8 Å². The van der Waals surface area contributed by atoms with Crippen molar-refractivity contribution in [2.45, 2.75) is 45.2 Å². The minimum atomic E-state index is -0.479. The van der Waals surface area contributed by atoms with Gasteiger partial charge in [-0.15, -0.1) is 0 Å². The van der Waals surface area contributed by atoms with Gasteiger partial charge in [-0.05, 0) is 37.7 Å². The second-order valence-electron chi connectivity index (χ2n) is 7.52. The lowest BCUT2D eigenvalue weighted by molar-refractivity contribution is -0.136. The highest BCUT2D eigenvalue weighted by Gasteiger charge is 2.52. The molecule has 7 nitrogen and oxygen atoms in total. The second-order valence-corrected chi connectivity index (χ2v) is 7.52. The van der Waals surface area contributed by atoms with Crippen molar-refractivity contribution in [2.75, 3.05) is 26.2 Å². The summed E-state index contributed by atoms with van der Waals surface area (Å²) >= 11 is 0. The first kappa shape index (κ1) is 17.0. The largest absolute Gasteiger partial charge is 0.394 e. The summed E-state index contributed by atoms with van der Waals surface area (Å²) in [5.74, 6) is 0.0977. The fraction of sp³-hybridized carbons (Fsp3) is 0.706. The topological polar surface area (TPSA) is 78.7 Å². The van der Waals surface area contributed by atoms with E-state index in [1.807, 2.05) is 22.8 Å². The van der Waals surface area contributed by atoms with Crippen molar-refractivity contribution in [3.05, 3.63) is 18.5 Å². The van der Waals surface area contributed by atoms with Crippen molar-refractivity contribution in [1.82, 2.24) is 19.6 Å². The van der Waals surface area contributed by atoms with Crippen LogP contribution < -0.4 is 0 Å². The maximum absolute atomic E-state index is 12.4.